The van der Waals surface area contributed by atoms with Crippen molar-refractivity contribution in [1.82, 2.24) is 4.90 Å². The van der Waals surface area contributed by atoms with Crippen LogP contribution in [0.25, 0.3) is 0 Å². The van der Waals surface area contributed by atoms with Gasteiger partial charge in [-0.25, -0.2) is 17.2 Å². The van der Waals surface area contributed by atoms with Crippen LogP contribution in [0.5, 0.6) is 17.2 Å². The topological polar surface area (TPSA) is 82.1 Å². The van der Waals surface area contributed by atoms with Gasteiger partial charge in [0.2, 0.25) is 0 Å². The fourth-order valence-electron chi connectivity index (χ4n) is 7.62. The number of hydrogen-bond donors (Lipinski definition) is 0. The normalized spacial score (nSPS) is 20.2. The standard InChI is InChI=1S/C39H38F5NO6S/c1-49-28-11-5-25(6-12-28)22-45(23-26-7-13-29(50-2)14-8-26)21-3-4-31-32-24-51-37-34(41)18-17-33(40)36(37)38(32,20-19-35(31)46)52(47,48)30-15-9-27(10-16-30)39(42,43)44/h5-18,31-32H,3-4,19-24H2,1-2H3/t31-,32-,38-/m0/s1. The summed E-state index contributed by atoms with van der Waals surface area (Å²) in [6.45, 7) is 1.19. The molecule has 52 heavy (non-hydrogen) atoms. The number of alkyl halides is 3. The first kappa shape index (κ1) is 37.3. The molecule has 0 spiro atoms. The average molecular weight is 744 g/mol. The minimum atomic E-state index is -4.73. The van der Waals surface area contributed by atoms with Crippen molar-refractivity contribution < 1.29 is 49.4 Å². The van der Waals surface area contributed by atoms with Gasteiger partial charge >= 0.3 is 6.18 Å². The quantitative estimate of drug-likeness (QED) is 0.136. The Hall–Kier alpha value is -4.49. The number of sulfone groups is 1. The van der Waals surface area contributed by atoms with E-state index in [2.05, 4.69) is 4.90 Å². The summed E-state index contributed by atoms with van der Waals surface area (Å²) in [4.78, 5) is 15.4. The van der Waals surface area contributed by atoms with E-state index in [1.54, 1.807) is 14.2 Å². The van der Waals surface area contributed by atoms with Gasteiger partial charge in [0.25, 0.3) is 0 Å². The number of hydrogen-bond acceptors (Lipinski definition) is 7. The van der Waals surface area contributed by atoms with Gasteiger partial charge in [-0.3, -0.25) is 9.69 Å². The molecule has 0 amide bonds. The predicted molar refractivity (Wildman–Crippen MR) is 183 cm³/mol. The van der Waals surface area contributed by atoms with E-state index in [0.29, 0.717) is 49.7 Å². The SMILES string of the molecule is COc1ccc(CN(CCC[C@@H]2C(=O)CC[C@@]3(S(=O)(=O)c4ccc(C(F)(F)F)cc4)c4c(F)ccc(F)c4OC[C@@H]23)Cc2ccc(OC)cc2)cc1. The van der Waals surface area contributed by atoms with Crippen molar-refractivity contribution in [2.24, 2.45) is 11.8 Å². The molecule has 2 aliphatic rings. The maximum atomic E-state index is 15.9. The molecular formula is C39H38F5NO6S. The molecule has 0 radical (unpaired) electrons. The second-order valence-electron chi connectivity index (χ2n) is 13.2. The van der Waals surface area contributed by atoms with Gasteiger partial charge in [-0.05, 0) is 97.6 Å². The Labute approximate surface area is 299 Å². The highest BCUT2D eigenvalue weighted by atomic mass is 32.2. The number of carbonyl (C=O) groups excluding carboxylic acids is 1. The number of halogens is 5. The summed E-state index contributed by atoms with van der Waals surface area (Å²) in [5.41, 5.74) is 0.441. The molecule has 0 saturated heterocycles. The lowest BCUT2D eigenvalue weighted by Crippen LogP contribution is -2.56. The number of Topliss-reactive ketones (excluding diaryl/α,β-unsaturated/α-hetero) is 1. The monoisotopic (exact) mass is 743 g/mol. The Kier molecular flexibility index (Phi) is 10.7. The average Bonchev–Trinajstić information content (AvgIpc) is 3.13. The Balaban J connectivity index is 1.32. The lowest BCUT2D eigenvalue weighted by atomic mass is 9.65. The van der Waals surface area contributed by atoms with Crippen molar-refractivity contribution in [1.29, 1.82) is 0 Å². The zero-order valence-corrected chi connectivity index (χ0v) is 29.4. The third kappa shape index (κ3) is 7.12. The molecule has 1 fully saturated rings. The van der Waals surface area contributed by atoms with Crippen LogP contribution in [-0.4, -0.2) is 46.5 Å². The highest BCUT2D eigenvalue weighted by molar-refractivity contribution is 7.92. The first-order chi connectivity index (χ1) is 24.8. The Bertz CT molecular complexity index is 1950. The minimum absolute atomic E-state index is 0.213. The van der Waals surface area contributed by atoms with Crippen molar-refractivity contribution in [3.63, 3.8) is 0 Å². The molecule has 0 N–H and O–H groups in total. The van der Waals surface area contributed by atoms with Crippen LogP contribution in [-0.2, 0) is 38.6 Å². The van der Waals surface area contributed by atoms with Crippen molar-refractivity contribution in [2.75, 3.05) is 27.4 Å². The van der Waals surface area contributed by atoms with Gasteiger partial charge in [0.15, 0.2) is 21.4 Å². The molecule has 1 saturated carbocycles. The summed E-state index contributed by atoms with van der Waals surface area (Å²) < 4.78 is 115. The molecule has 276 valence electrons. The molecule has 7 nitrogen and oxygen atoms in total. The molecule has 0 unspecified atom stereocenters. The van der Waals surface area contributed by atoms with Crippen LogP contribution >= 0.6 is 0 Å². The van der Waals surface area contributed by atoms with Crippen molar-refractivity contribution in [2.45, 2.75) is 54.6 Å². The van der Waals surface area contributed by atoms with E-state index in [1.807, 2.05) is 48.5 Å². The molecule has 1 aliphatic carbocycles. The van der Waals surface area contributed by atoms with Crippen molar-refractivity contribution >= 4 is 15.6 Å². The van der Waals surface area contributed by atoms with Crippen molar-refractivity contribution in [3.05, 3.63) is 119 Å². The van der Waals surface area contributed by atoms with Gasteiger partial charge in [-0.15, -0.1) is 0 Å². The van der Waals surface area contributed by atoms with Gasteiger partial charge in [0, 0.05) is 31.3 Å². The summed E-state index contributed by atoms with van der Waals surface area (Å²) in [6.07, 6.45) is -4.70. The molecule has 0 aromatic heterocycles. The van der Waals surface area contributed by atoms with E-state index in [-0.39, 0.29) is 25.0 Å². The maximum absolute atomic E-state index is 15.9. The lowest BCUT2D eigenvalue weighted by molar-refractivity contribution is -0.137. The Morgan fingerprint density at radius 1 is 0.827 bits per heavy atom. The molecule has 1 heterocycles. The largest absolute Gasteiger partial charge is 0.497 e. The second-order valence-corrected chi connectivity index (χ2v) is 15.4. The summed E-state index contributed by atoms with van der Waals surface area (Å²) >= 11 is 0. The van der Waals surface area contributed by atoms with E-state index >= 15 is 8.78 Å². The van der Waals surface area contributed by atoms with E-state index in [9.17, 15) is 26.4 Å². The van der Waals surface area contributed by atoms with Crippen LogP contribution in [0, 0.1) is 23.5 Å². The minimum Gasteiger partial charge on any atom is -0.497 e. The molecule has 6 rings (SSSR count). The maximum Gasteiger partial charge on any atom is 0.416 e. The van der Waals surface area contributed by atoms with E-state index < -0.39 is 72.6 Å². The van der Waals surface area contributed by atoms with Crippen LogP contribution in [0.4, 0.5) is 22.0 Å². The van der Waals surface area contributed by atoms with Crippen LogP contribution in [0.2, 0.25) is 0 Å². The smallest absolute Gasteiger partial charge is 0.416 e. The van der Waals surface area contributed by atoms with E-state index in [0.717, 1.165) is 35.4 Å². The highest BCUT2D eigenvalue weighted by Gasteiger charge is 2.62. The molecule has 0 bridgehead atoms. The number of fused-ring (bicyclic) bond motifs is 3. The number of carbonyl (C=O) groups is 1. The van der Waals surface area contributed by atoms with Gasteiger partial charge in [-0.1, -0.05) is 24.3 Å². The fourth-order valence-corrected chi connectivity index (χ4v) is 10.00. The third-order valence-corrected chi connectivity index (χ3v) is 12.8. The van der Waals surface area contributed by atoms with E-state index in [4.69, 9.17) is 14.2 Å². The van der Waals surface area contributed by atoms with Gasteiger partial charge < -0.3 is 14.2 Å². The first-order valence-corrected chi connectivity index (χ1v) is 18.3. The number of nitrogens with zero attached hydrogens (tertiary/aromatic N) is 1. The van der Waals surface area contributed by atoms with Crippen LogP contribution in [0.1, 0.15) is 47.9 Å². The van der Waals surface area contributed by atoms with Gasteiger partial charge in [0.05, 0.1) is 36.8 Å². The van der Waals surface area contributed by atoms with Gasteiger partial charge in [-0.2, -0.15) is 13.2 Å². The zero-order valence-electron chi connectivity index (χ0n) is 28.6. The zero-order chi connectivity index (χ0) is 37.3. The van der Waals surface area contributed by atoms with Crippen LogP contribution in [0.3, 0.4) is 0 Å². The number of ketones is 1. The Morgan fingerprint density at radius 2 is 1.38 bits per heavy atom. The fraction of sp³-hybridized carbons (Fsp3) is 0.359. The second kappa shape index (κ2) is 14.9. The number of ether oxygens (including phenoxy) is 3. The number of rotatable bonds is 12. The first-order valence-electron chi connectivity index (χ1n) is 16.8. The summed E-state index contributed by atoms with van der Waals surface area (Å²) in [6, 6.07) is 19.9. The molecule has 3 atom stereocenters. The van der Waals surface area contributed by atoms with Crippen LogP contribution < -0.4 is 14.2 Å². The number of benzene rings is 4. The molecular weight excluding hydrogens is 705 g/mol. The molecule has 13 heteroatoms. The highest BCUT2D eigenvalue weighted by Crippen LogP contribution is 2.58. The molecule has 4 aromatic carbocycles. The summed E-state index contributed by atoms with van der Waals surface area (Å²) in [7, 11) is -1.56. The van der Waals surface area contributed by atoms with Crippen LogP contribution in [0.15, 0.2) is 89.8 Å². The summed E-state index contributed by atoms with van der Waals surface area (Å²) in [5.74, 6) is -3.44. The third-order valence-electron chi connectivity index (χ3n) is 10.2. The van der Waals surface area contributed by atoms with Gasteiger partial charge in [0.1, 0.15) is 27.8 Å². The van der Waals surface area contributed by atoms with E-state index in [1.165, 1.54) is 0 Å². The lowest BCUT2D eigenvalue weighted by Gasteiger charge is -2.50. The molecule has 4 aromatic rings. The predicted octanol–water partition coefficient (Wildman–Crippen LogP) is 8.14. The van der Waals surface area contributed by atoms with Crippen molar-refractivity contribution in [3.8, 4) is 17.2 Å². The number of methoxy groups -OCH3 is 2. The summed E-state index contributed by atoms with van der Waals surface area (Å²) in [5, 5.41) is 0. The molecule has 1 aliphatic heterocycles. The Morgan fingerprint density at radius 3 is 1.92 bits per heavy atom.